The lowest BCUT2D eigenvalue weighted by Crippen LogP contribution is -3.11. The summed E-state index contributed by atoms with van der Waals surface area (Å²) in [6.45, 7) is 2.43. The largest absolute Gasteiger partial charge is 0.351 e. The lowest BCUT2D eigenvalue weighted by molar-refractivity contribution is -0.911. The zero-order valence-corrected chi connectivity index (χ0v) is 14.5. The van der Waals surface area contributed by atoms with Crippen molar-refractivity contribution in [3.8, 4) is 0 Å². The van der Waals surface area contributed by atoms with Crippen molar-refractivity contribution in [1.82, 2.24) is 9.88 Å². The van der Waals surface area contributed by atoms with Crippen molar-refractivity contribution in [2.75, 3.05) is 19.6 Å². The molecule has 0 bridgehead atoms. The number of nitrogens with zero attached hydrogens (tertiary/aromatic N) is 1. The first kappa shape index (κ1) is 16.8. The van der Waals surface area contributed by atoms with E-state index in [2.05, 4.69) is 59.5 Å². The summed E-state index contributed by atoms with van der Waals surface area (Å²) in [6, 6.07) is 15.2. The molecule has 1 fully saturated rings. The molecular formula is C20H28N3O+. The van der Waals surface area contributed by atoms with Crippen LogP contribution in [0.5, 0.6) is 0 Å². The standard InChI is InChI=1S/C20H27N3O/c1-22-14-6-11-18(22)19-12-7-15-23(19)16-20(24)21-13-5-10-17-8-3-2-4-9-17/h2-4,6,8-9,11,14,19H,5,7,10,12-13,15-16H2,1H3,(H,21,24)/p+1/t19-/m1/s1. The quantitative estimate of drug-likeness (QED) is 0.744. The van der Waals surface area contributed by atoms with Crippen LogP contribution >= 0.6 is 0 Å². The fraction of sp³-hybridized carbons (Fsp3) is 0.450. The summed E-state index contributed by atoms with van der Waals surface area (Å²) in [5, 5.41) is 3.09. The number of nitrogens with one attached hydrogen (secondary N) is 2. The Morgan fingerprint density at radius 3 is 2.83 bits per heavy atom. The molecule has 1 amide bonds. The molecule has 1 aliphatic rings. The molecule has 2 N–H and O–H groups in total. The second-order valence-corrected chi connectivity index (χ2v) is 6.76. The number of hydrogen-bond acceptors (Lipinski definition) is 1. The smallest absolute Gasteiger partial charge is 0.275 e. The van der Waals surface area contributed by atoms with Crippen molar-refractivity contribution < 1.29 is 9.69 Å². The molecular weight excluding hydrogens is 298 g/mol. The lowest BCUT2D eigenvalue weighted by atomic mass is 10.1. The maximum Gasteiger partial charge on any atom is 0.275 e. The van der Waals surface area contributed by atoms with Crippen LogP contribution in [-0.4, -0.2) is 30.1 Å². The second-order valence-electron chi connectivity index (χ2n) is 6.76. The topological polar surface area (TPSA) is 38.5 Å². The van der Waals surface area contributed by atoms with E-state index in [4.69, 9.17) is 0 Å². The maximum absolute atomic E-state index is 12.3. The number of rotatable bonds is 7. The van der Waals surface area contributed by atoms with E-state index >= 15 is 0 Å². The molecule has 4 nitrogen and oxygen atoms in total. The molecule has 0 radical (unpaired) electrons. The number of quaternary nitrogens is 1. The fourth-order valence-corrected chi connectivity index (χ4v) is 3.75. The molecule has 3 rings (SSSR count). The first-order valence-electron chi connectivity index (χ1n) is 9.00. The van der Waals surface area contributed by atoms with Gasteiger partial charge in [-0.3, -0.25) is 4.79 Å². The van der Waals surface area contributed by atoms with Gasteiger partial charge in [0, 0.05) is 32.6 Å². The van der Waals surface area contributed by atoms with E-state index in [9.17, 15) is 4.79 Å². The number of benzene rings is 1. The highest BCUT2D eigenvalue weighted by Crippen LogP contribution is 2.18. The van der Waals surface area contributed by atoms with Gasteiger partial charge in [0.15, 0.2) is 6.54 Å². The third-order valence-corrected chi connectivity index (χ3v) is 5.02. The summed E-state index contributed by atoms with van der Waals surface area (Å²) in [5.74, 6) is 0.180. The van der Waals surface area contributed by atoms with Gasteiger partial charge < -0.3 is 14.8 Å². The SMILES string of the molecule is Cn1cccc1[C@H]1CCC[NH+]1CC(=O)NCCCc1ccccc1. The number of likely N-dealkylation sites (tertiary alicyclic amines) is 1. The Kier molecular flexibility index (Phi) is 5.70. The highest BCUT2D eigenvalue weighted by atomic mass is 16.2. The number of amides is 1. The Morgan fingerprint density at radius 1 is 1.25 bits per heavy atom. The average molecular weight is 326 g/mol. The van der Waals surface area contributed by atoms with Crippen LogP contribution in [-0.2, 0) is 18.3 Å². The summed E-state index contributed by atoms with van der Waals surface area (Å²) in [7, 11) is 2.09. The molecule has 1 aliphatic heterocycles. The van der Waals surface area contributed by atoms with E-state index in [0.717, 1.165) is 25.9 Å². The number of carbonyl (C=O) groups is 1. The van der Waals surface area contributed by atoms with Crippen LogP contribution in [0.2, 0.25) is 0 Å². The van der Waals surface area contributed by atoms with Gasteiger partial charge in [-0.25, -0.2) is 0 Å². The molecule has 1 unspecified atom stereocenters. The molecule has 2 aromatic rings. The monoisotopic (exact) mass is 326 g/mol. The van der Waals surface area contributed by atoms with Crippen molar-refractivity contribution in [1.29, 1.82) is 0 Å². The molecule has 24 heavy (non-hydrogen) atoms. The zero-order chi connectivity index (χ0) is 16.8. The fourth-order valence-electron chi connectivity index (χ4n) is 3.75. The first-order chi connectivity index (χ1) is 11.7. The van der Waals surface area contributed by atoms with Crippen molar-refractivity contribution in [2.24, 2.45) is 7.05 Å². The predicted molar refractivity (Wildman–Crippen MR) is 95.9 cm³/mol. The van der Waals surface area contributed by atoms with Crippen LogP contribution in [0.15, 0.2) is 48.7 Å². The van der Waals surface area contributed by atoms with E-state index in [0.29, 0.717) is 12.6 Å². The van der Waals surface area contributed by atoms with Crippen molar-refractivity contribution >= 4 is 5.91 Å². The van der Waals surface area contributed by atoms with E-state index in [1.807, 2.05) is 6.07 Å². The summed E-state index contributed by atoms with van der Waals surface area (Å²) in [5.41, 5.74) is 2.68. The third-order valence-electron chi connectivity index (χ3n) is 5.02. The summed E-state index contributed by atoms with van der Waals surface area (Å²) >= 11 is 0. The van der Waals surface area contributed by atoms with Gasteiger partial charge in [0.2, 0.25) is 0 Å². The summed E-state index contributed by atoms with van der Waals surface area (Å²) in [6.07, 6.45) is 6.48. The Morgan fingerprint density at radius 2 is 2.08 bits per heavy atom. The number of aryl methyl sites for hydroxylation is 2. The number of carbonyl (C=O) groups excluding carboxylic acids is 1. The lowest BCUT2D eigenvalue weighted by Gasteiger charge is -2.21. The van der Waals surface area contributed by atoms with E-state index in [-0.39, 0.29) is 5.91 Å². The summed E-state index contributed by atoms with van der Waals surface area (Å²) < 4.78 is 2.19. The molecule has 128 valence electrons. The van der Waals surface area contributed by atoms with Crippen LogP contribution in [0.3, 0.4) is 0 Å². The average Bonchev–Trinajstić information content (AvgIpc) is 3.21. The van der Waals surface area contributed by atoms with Crippen LogP contribution in [0.4, 0.5) is 0 Å². The minimum atomic E-state index is 0.180. The number of aromatic nitrogens is 1. The van der Waals surface area contributed by atoms with Crippen LogP contribution < -0.4 is 10.2 Å². The molecule has 0 aliphatic carbocycles. The Bertz CT molecular complexity index is 650. The van der Waals surface area contributed by atoms with E-state index in [1.54, 1.807) is 0 Å². The van der Waals surface area contributed by atoms with Gasteiger partial charge in [-0.05, 0) is 30.5 Å². The molecule has 1 aromatic heterocycles. The Balaban J connectivity index is 1.42. The van der Waals surface area contributed by atoms with Crippen molar-refractivity contribution in [3.63, 3.8) is 0 Å². The van der Waals surface area contributed by atoms with Gasteiger partial charge in [0.1, 0.15) is 6.04 Å². The Labute approximate surface area is 144 Å². The van der Waals surface area contributed by atoms with Crippen molar-refractivity contribution in [3.05, 3.63) is 59.9 Å². The van der Waals surface area contributed by atoms with Crippen LogP contribution in [0.1, 0.15) is 36.6 Å². The van der Waals surface area contributed by atoms with Gasteiger partial charge >= 0.3 is 0 Å². The van der Waals surface area contributed by atoms with Gasteiger partial charge in [-0.15, -0.1) is 0 Å². The summed E-state index contributed by atoms with van der Waals surface area (Å²) in [4.78, 5) is 13.7. The van der Waals surface area contributed by atoms with Gasteiger partial charge in [0.25, 0.3) is 5.91 Å². The molecule has 0 spiro atoms. The van der Waals surface area contributed by atoms with E-state index < -0.39 is 0 Å². The third kappa shape index (κ3) is 4.26. The zero-order valence-electron chi connectivity index (χ0n) is 14.5. The van der Waals surface area contributed by atoms with Gasteiger partial charge in [-0.1, -0.05) is 30.3 Å². The van der Waals surface area contributed by atoms with Crippen LogP contribution in [0.25, 0.3) is 0 Å². The van der Waals surface area contributed by atoms with Gasteiger partial charge in [-0.2, -0.15) is 0 Å². The van der Waals surface area contributed by atoms with Gasteiger partial charge in [0.05, 0.1) is 12.2 Å². The molecule has 1 saturated heterocycles. The molecule has 2 atom stereocenters. The molecule has 4 heteroatoms. The molecule has 0 saturated carbocycles. The Hall–Kier alpha value is -2.07. The predicted octanol–water partition coefficient (Wildman–Crippen LogP) is 1.49. The highest BCUT2D eigenvalue weighted by molar-refractivity contribution is 5.76. The minimum Gasteiger partial charge on any atom is -0.351 e. The van der Waals surface area contributed by atoms with Crippen molar-refractivity contribution in [2.45, 2.75) is 31.7 Å². The highest BCUT2D eigenvalue weighted by Gasteiger charge is 2.32. The maximum atomic E-state index is 12.3. The second kappa shape index (κ2) is 8.15. The van der Waals surface area contributed by atoms with Crippen LogP contribution in [0, 0.1) is 0 Å². The minimum absolute atomic E-state index is 0.180. The molecule has 2 heterocycles. The number of hydrogen-bond donors (Lipinski definition) is 2. The normalized spacial score (nSPS) is 20.2. The molecule has 1 aromatic carbocycles. The van der Waals surface area contributed by atoms with E-state index in [1.165, 1.54) is 29.0 Å². The first-order valence-corrected chi connectivity index (χ1v) is 9.00.